The van der Waals surface area contributed by atoms with Crippen LogP contribution in [0.15, 0.2) is 54.6 Å². The van der Waals surface area contributed by atoms with E-state index in [2.05, 4.69) is 4.98 Å². The summed E-state index contributed by atoms with van der Waals surface area (Å²) in [4.78, 5) is 37.4. The number of aromatic nitrogens is 1. The lowest BCUT2D eigenvalue weighted by Crippen LogP contribution is -1.99. The minimum Gasteiger partial charge on any atom is -0.449 e. The van der Waals surface area contributed by atoms with Gasteiger partial charge in [0.05, 0.1) is 37.3 Å². The number of fused-ring (bicyclic) bond motifs is 1. The molecule has 1 heterocycles. The maximum absolute atomic E-state index is 11.8. The number of para-hydroxylation sites is 1. The molecule has 0 spiro atoms. The molecule has 0 radical (unpaired) electrons. The zero-order valence-corrected chi connectivity index (χ0v) is 16.8. The molecule has 0 fully saturated rings. The number of nitro benzene ring substituents is 2. The lowest BCUT2D eigenvalue weighted by molar-refractivity contribution is -0.394. The van der Waals surface area contributed by atoms with Crippen molar-refractivity contribution in [1.29, 1.82) is 0 Å². The third-order valence-corrected chi connectivity index (χ3v) is 5.54. The number of thiazole rings is 1. The first-order valence-corrected chi connectivity index (χ1v) is 9.75. The van der Waals surface area contributed by atoms with Crippen molar-refractivity contribution in [2.45, 2.75) is 6.92 Å². The summed E-state index contributed by atoms with van der Waals surface area (Å²) in [5.74, 6) is -0.124. The van der Waals surface area contributed by atoms with Gasteiger partial charge in [-0.2, -0.15) is 0 Å². The van der Waals surface area contributed by atoms with Crippen LogP contribution in [-0.2, 0) is 0 Å². The Morgan fingerprint density at radius 1 is 1.03 bits per heavy atom. The van der Waals surface area contributed by atoms with Crippen molar-refractivity contribution in [1.82, 2.24) is 4.98 Å². The van der Waals surface area contributed by atoms with Crippen LogP contribution in [-0.4, -0.2) is 21.1 Å². The van der Waals surface area contributed by atoms with Crippen molar-refractivity contribution in [3.05, 3.63) is 86.0 Å². The highest BCUT2D eigenvalue weighted by Crippen LogP contribution is 2.42. The molecule has 0 unspecified atom stereocenters. The molecule has 0 aliphatic heterocycles. The number of aldehydes is 1. The molecule has 0 saturated carbocycles. The molecule has 4 aromatic rings. The Bertz CT molecular complexity index is 1330. The standard InChI is InChI=1S/C21H13N3O6S/c1-12-8-13(11-25)20(15(9-12)21-22-16-4-2-3-5-19(16)31-21)30-18-7-6-14(23(26)27)10-17(18)24(28)29/h2-11H,1H3. The van der Waals surface area contributed by atoms with Crippen molar-refractivity contribution in [2.75, 3.05) is 0 Å². The number of non-ortho nitro benzene ring substituents is 1. The molecule has 0 saturated heterocycles. The molecule has 0 amide bonds. The van der Waals surface area contributed by atoms with Crippen LogP contribution in [0.4, 0.5) is 11.4 Å². The summed E-state index contributed by atoms with van der Waals surface area (Å²) < 4.78 is 6.76. The molecular weight excluding hydrogens is 422 g/mol. The van der Waals surface area contributed by atoms with Gasteiger partial charge in [0.25, 0.3) is 5.69 Å². The second kappa shape index (κ2) is 7.92. The summed E-state index contributed by atoms with van der Waals surface area (Å²) in [5.41, 5.74) is 1.20. The van der Waals surface area contributed by atoms with Crippen molar-refractivity contribution in [3.63, 3.8) is 0 Å². The molecule has 10 heteroatoms. The zero-order valence-electron chi connectivity index (χ0n) is 16.0. The second-order valence-electron chi connectivity index (χ2n) is 6.60. The van der Waals surface area contributed by atoms with Crippen molar-refractivity contribution in [3.8, 4) is 22.1 Å². The summed E-state index contributed by atoms with van der Waals surface area (Å²) in [5, 5.41) is 23.1. The first-order valence-electron chi connectivity index (χ1n) is 8.94. The Hall–Kier alpha value is -4.18. The van der Waals surface area contributed by atoms with E-state index in [9.17, 15) is 25.0 Å². The molecule has 0 N–H and O–H groups in total. The number of nitrogens with zero attached hydrogens (tertiary/aromatic N) is 3. The highest BCUT2D eigenvalue weighted by molar-refractivity contribution is 7.21. The fourth-order valence-electron chi connectivity index (χ4n) is 3.11. The SMILES string of the molecule is Cc1cc(C=O)c(Oc2ccc([N+](=O)[O-])cc2[N+](=O)[O-])c(-c2nc3ccccc3s2)c1. The molecule has 31 heavy (non-hydrogen) atoms. The summed E-state index contributed by atoms with van der Waals surface area (Å²) in [6.07, 6.45) is 0.594. The number of carbonyl (C=O) groups excluding carboxylic acids is 1. The van der Waals surface area contributed by atoms with Crippen LogP contribution in [0.2, 0.25) is 0 Å². The van der Waals surface area contributed by atoms with Gasteiger partial charge in [-0.15, -0.1) is 11.3 Å². The minimum atomic E-state index is -0.769. The number of aryl methyl sites for hydroxylation is 1. The highest BCUT2D eigenvalue weighted by atomic mass is 32.1. The smallest absolute Gasteiger partial charge is 0.318 e. The van der Waals surface area contributed by atoms with Gasteiger partial charge < -0.3 is 4.74 Å². The number of hydrogen-bond donors (Lipinski definition) is 0. The Morgan fingerprint density at radius 2 is 1.81 bits per heavy atom. The van der Waals surface area contributed by atoms with E-state index < -0.39 is 21.2 Å². The summed E-state index contributed by atoms with van der Waals surface area (Å²) >= 11 is 1.39. The number of rotatable bonds is 6. The summed E-state index contributed by atoms with van der Waals surface area (Å²) in [7, 11) is 0. The van der Waals surface area contributed by atoms with Crippen LogP contribution < -0.4 is 4.74 Å². The number of carbonyl (C=O) groups is 1. The van der Waals surface area contributed by atoms with Crippen molar-refractivity contribution < 1.29 is 19.4 Å². The van der Waals surface area contributed by atoms with E-state index >= 15 is 0 Å². The van der Waals surface area contributed by atoms with Gasteiger partial charge in [0.2, 0.25) is 5.75 Å². The predicted octanol–water partition coefficient (Wildman–Crippen LogP) is 5.69. The van der Waals surface area contributed by atoms with Crippen LogP contribution in [0, 0.1) is 27.2 Å². The van der Waals surface area contributed by atoms with Gasteiger partial charge in [-0.3, -0.25) is 25.0 Å². The second-order valence-corrected chi connectivity index (χ2v) is 7.63. The molecule has 9 nitrogen and oxygen atoms in total. The first kappa shape index (κ1) is 20.1. The Kier molecular flexibility index (Phi) is 5.14. The van der Waals surface area contributed by atoms with Crippen LogP contribution >= 0.6 is 11.3 Å². The highest BCUT2D eigenvalue weighted by Gasteiger charge is 2.24. The minimum absolute atomic E-state index is 0.0941. The van der Waals surface area contributed by atoms with E-state index in [4.69, 9.17) is 4.74 Å². The molecule has 3 aromatic carbocycles. The predicted molar refractivity (Wildman–Crippen MR) is 115 cm³/mol. The van der Waals surface area contributed by atoms with Crippen LogP contribution in [0.5, 0.6) is 11.5 Å². The lowest BCUT2D eigenvalue weighted by Gasteiger charge is -2.13. The van der Waals surface area contributed by atoms with Crippen LogP contribution in [0.25, 0.3) is 20.8 Å². The van der Waals surface area contributed by atoms with E-state index in [0.29, 0.717) is 16.9 Å². The van der Waals surface area contributed by atoms with Gasteiger partial charge in [0.1, 0.15) is 10.8 Å². The van der Waals surface area contributed by atoms with E-state index in [1.807, 2.05) is 31.2 Å². The van der Waals surface area contributed by atoms with Gasteiger partial charge in [0, 0.05) is 6.07 Å². The summed E-state index contributed by atoms with van der Waals surface area (Å²) in [6, 6.07) is 13.9. The zero-order chi connectivity index (χ0) is 22.1. The van der Waals surface area contributed by atoms with Gasteiger partial charge >= 0.3 is 5.69 Å². The maximum atomic E-state index is 11.8. The Balaban J connectivity index is 1.90. The summed E-state index contributed by atoms with van der Waals surface area (Å²) in [6.45, 7) is 1.81. The Morgan fingerprint density at radius 3 is 2.48 bits per heavy atom. The van der Waals surface area contributed by atoms with Crippen LogP contribution in [0.1, 0.15) is 15.9 Å². The first-order chi connectivity index (χ1) is 14.9. The monoisotopic (exact) mass is 435 g/mol. The topological polar surface area (TPSA) is 125 Å². The lowest BCUT2D eigenvalue weighted by atomic mass is 10.1. The fraction of sp³-hybridized carbons (Fsp3) is 0.0476. The van der Waals surface area contributed by atoms with Crippen molar-refractivity contribution >= 4 is 39.2 Å². The quantitative estimate of drug-likeness (QED) is 0.216. The molecule has 154 valence electrons. The van der Waals surface area contributed by atoms with Crippen molar-refractivity contribution in [2.24, 2.45) is 0 Å². The molecular formula is C21H13N3O6S. The molecule has 4 rings (SSSR count). The van der Waals surface area contributed by atoms with Gasteiger partial charge in [0.15, 0.2) is 6.29 Å². The molecule has 0 aliphatic carbocycles. The van der Waals surface area contributed by atoms with E-state index in [1.54, 1.807) is 12.1 Å². The number of hydrogen-bond acceptors (Lipinski definition) is 8. The van der Waals surface area contributed by atoms with E-state index in [0.717, 1.165) is 34.0 Å². The maximum Gasteiger partial charge on any atom is 0.318 e. The fourth-order valence-corrected chi connectivity index (χ4v) is 4.09. The third kappa shape index (κ3) is 3.83. The number of benzene rings is 3. The molecule has 0 atom stereocenters. The molecule has 0 bridgehead atoms. The van der Waals surface area contributed by atoms with E-state index in [-0.39, 0.29) is 17.1 Å². The van der Waals surface area contributed by atoms with Gasteiger partial charge in [-0.25, -0.2) is 4.98 Å². The number of ether oxygens (including phenoxy) is 1. The van der Waals surface area contributed by atoms with Gasteiger partial charge in [-0.1, -0.05) is 12.1 Å². The molecule has 1 aromatic heterocycles. The average Bonchev–Trinajstić information content (AvgIpc) is 3.18. The van der Waals surface area contributed by atoms with E-state index in [1.165, 1.54) is 11.3 Å². The molecule has 0 aliphatic rings. The van der Waals surface area contributed by atoms with Gasteiger partial charge in [-0.05, 0) is 42.8 Å². The number of nitro groups is 2. The largest absolute Gasteiger partial charge is 0.449 e. The average molecular weight is 435 g/mol. The van der Waals surface area contributed by atoms with Crippen LogP contribution in [0.3, 0.4) is 0 Å². The third-order valence-electron chi connectivity index (χ3n) is 4.48. The Labute approximate surface area is 178 Å². The normalized spacial score (nSPS) is 10.7.